The highest BCUT2D eigenvalue weighted by atomic mass is 15.5. The van der Waals surface area contributed by atoms with Crippen LogP contribution in [0.5, 0.6) is 0 Å². The van der Waals surface area contributed by atoms with E-state index in [1.807, 2.05) is 0 Å². The highest BCUT2D eigenvalue weighted by Gasteiger charge is 2.19. The molecule has 0 aromatic carbocycles. The maximum absolute atomic E-state index is 3.35. The minimum absolute atomic E-state index is 0.780. The van der Waals surface area contributed by atoms with Gasteiger partial charge in [0.2, 0.25) is 0 Å². The Kier molecular flexibility index (Phi) is 2.13. The Morgan fingerprint density at radius 2 is 2.00 bits per heavy atom. The van der Waals surface area contributed by atoms with Crippen LogP contribution in [0.2, 0.25) is 0 Å². The third kappa shape index (κ3) is 1.56. The van der Waals surface area contributed by atoms with Crippen LogP contribution >= 0.6 is 0 Å². The van der Waals surface area contributed by atoms with Crippen molar-refractivity contribution in [2.75, 3.05) is 6.54 Å². The Bertz CT molecular complexity index is 148. The molecule has 11 heavy (non-hydrogen) atoms. The molecule has 0 aromatic rings. The zero-order valence-corrected chi connectivity index (χ0v) is 6.92. The molecule has 62 valence electrons. The minimum Gasteiger partial charge on any atom is -0.313 e. The van der Waals surface area contributed by atoms with Crippen LogP contribution in [-0.4, -0.2) is 17.6 Å². The fraction of sp³-hybridized carbons (Fsp3) is 0.778. The lowest BCUT2D eigenvalue weighted by atomic mass is 9.95. The average molecular weight is 152 g/mol. The molecule has 0 spiro atoms. The molecule has 2 heteroatoms. The molecule has 1 aliphatic carbocycles. The molecule has 0 bridgehead atoms. The summed E-state index contributed by atoms with van der Waals surface area (Å²) in [4.78, 5) is 0. The molecule has 2 rings (SSSR count). The van der Waals surface area contributed by atoms with Gasteiger partial charge in [-0.05, 0) is 12.8 Å². The summed E-state index contributed by atoms with van der Waals surface area (Å²) >= 11 is 0. The van der Waals surface area contributed by atoms with E-state index in [1.54, 1.807) is 0 Å². The fourth-order valence-electron chi connectivity index (χ4n) is 1.99. The number of hydrogen-bond donors (Lipinski definition) is 1. The van der Waals surface area contributed by atoms with E-state index in [0.29, 0.717) is 0 Å². The van der Waals surface area contributed by atoms with E-state index < -0.39 is 0 Å². The first kappa shape index (κ1) is 7.17. The lowest BCUT2D eigenvalue weighted by Gasteiger charge is -2.30. The minimum atomic E-state index is 0.780. The molecule has 1 saturated carbocycles. The topological polar surface area (TPSA) is 15.3 Å². The van der Waals surface area contributed by atoms with Crippen LogP contribution < -0.4 is 5.43 Å². The smallest absolute Gasteiger partial charge is 0.0448 e. The van der Waals surface area contributed by atoms with Gasteiger partial charge < -0.3 is 5.01 Å². The summed E-state index contributed by atoms with van der Waals surface area (Å²) in [5.74, 6) is 0. The van der Waals surface area contributed by atoms with Gasteiger partial charge in [-0.1, -0.05) is 25.3 Å². The average Bonchev–Trinajstić information content (AvgIpc) is 2.58. The molecule has 1 heterocycles. The van der Waals surface area contributed by atoms with Crippen LogP contribution in [0.15, 0.2) is 12.3 Å². The first-order valence-electron chi connectivity index (χ1n) is 4.65. The second-order valence-corrected chi connectivity index (χ2v) is 3.45. The monoisotopic (exact) mass is 152 g/mol. The molecule has 0 unspecified atom stereocenters. The largest absolute Gasteiger partial charge is 0.313 e. The quantitative estimate of drug-likeness (QED) is 0.614. The van der Waals surface area contributed by atoms with Crippen LogP contribution in [0.25, 0.3) is 0 Å². The molecule has 1 fully saturated rings. The molecule has 2 aliphatic rings. The van der Waals surface area contributed by atoms with Crippen LogP contribution in [0.4, 0.5) is 0 Å². The third-order valence-corrected chi connectivity index (χ3v) is 2.63. The van der Waals surface area contributed by atoms with Crippen molar-refractivity contribution in [1.82, 2.24) is 10.4 Å². The summed E-state index contributed by atoms with van der Waals surface area (Å²) in [5, 5.41) is 2.29. The van der Waals surface area contributed by atoms with Crippen LogP contribution in [0.1, 0.15) is 32.1 Å². The van der Waals surface area contributed by atoms with Gasteiger partial charge in [-0.3, -0.25) is 0 Å². The van der Waals surface area contributed by atoms with E-state index in [-0.39, 0.29) is 0 Å². The first-order valence-corrected chi connectivity index (χ1v) is 4.65. The van der Waals surface area contributed by atoms with Gasteiger partial charge in [-0.25, -0.2) is 5.43 Å². The normalized spacial score (nSPS) is 26.4. The predicted octanol–water partition coefficient (Wildman–Crippen LogP) is 1.65. The molecule has 0 aromatic heterocycles. The fourth-order valence-corrected chi connectivity index (χ4v) is 1.99. The molecular formula is C9H16N2. The first-order chi connectivity index (χ1) is 5.47. The lowest BCUT2D eigenvalue weighted by molar-refractivity contribution is 0.175. The van der Waals surface area contributed by atoms with Crippen molar-refractivity contribution in [2.24, 2.45) is 0 Å². The Morgan fingerprint density at radius 3 is 2.64 bits per heavy atom. The summed E-state index contributed by atoms with van der Waals surface area (Å²) in [5.41, 5.74) is 3.35. The van der Waals surface area contributed by atoms with Crippen molar-refractivity contribution in [2.45, 2.75) is 38.1 Å². The van der Waals surface area contributed by atoms with Gasteiger partial charge in [0.1, 0.15) is 0 Å². The molecule has 0 radical (unpaired) electrons. The summed E-state index contributed by atoms with van der Waals surface area (Å²) < 4.78 is 0. The van der Waals surface area contributed by atoms with Gasteiger partial charge in [0.15, 0.2) is 0 Å². The molecule has 0 atom stereocenters. The maximum Gasteiger partial charge on any atom is 0.0448 e. The number of hydrazine groups is 1. The van der Waals surface area contributed by atoms with Gasteiger partial charge in [-0.2, -0.15) is 0 Å². The van der Waals surface area contributed by atoms with Crippen LogP contribution in [0.3, 0.4) is 0 Å². The molecular weight excluding hydrogens is 136 g/mol. The van der Waals surface area contributed by atoms with Crippen molar-refractivity contribution in [3.8, 4) is 0 Å². The van der Waals surface area contributed by atoms with Crippen molar-refractivity contribution < 1.29 is 0 Å². The Labute approximate surface area is 68.2 Å². The van der Waals surface area contributed by atoms with Gasteiger partial charge in [-0.15, -0.1) is 0 Å². The Hall–Kier alpha value is -0.500. The Morgan fingerprint density at radius 1 is 1.18 bits per heavy atom. The molecule has 0 saturated heterocycles. The van der Waals surface area contributed by atoms with E-state index in [0.717, 1.165) is 12.6 Å². The molecule has 1 aliphatic heterocycles. The third-order valence-electron chi connectivity index (χ3n) is 2.63. The number of nitrogens with zero attached hydrogens (tertiary/aromatic N) is 1. The van der Waals surface area contributed by atoms with E-state index in [9.17, 15) is 0 Å². The molecule has 1 N–H and O–H groups in total. The number of hydrogen-bond acceptors (Lipinski definition) is 2. The van der Waals surface area contributed by atoms with Crippen molar-refractivity contribution >= 4 is 0 Å². The summed E-state index contributed by atoms with van der Waals surface area (Å²) in [7, 11) is 0. The second-order valence-electron chi connectivity index (χ2n) is 3.45. The predicted molar refractivity (Wildman–Crippen MR) is 45.9 cm³/mol. The summed E-state index contributed by atoms with van der Waals surface area (Å²) in [6.07, 6.45) is 11.4. The van der Waals surface area contributed by atoms with Crippen molar-refractivity contribution in [1.29, 1.82) is 0 Å². The van der Waals surface area contributed by atoms with Gasteiger partial charge in [0, 0.05) is 18.8 Å². The van der Waals surface area contributed by atoms with Crippen molar-refractivity contribution in [3.05, 3.63) is 12.3 Å². The van der Waals surface area contributed by atoms with E-state index in [1.165, 1.54) is 32.1 Å². The number of rotatable bonds is 1. The summed E-state index contributed by atoms with van der Waals surface area (Å²) in [6, 6.07) is 0.780. The zero-order chi connectivity index (χ0) is 7.52. The van der Waals surface area contributed by atoms with Gasteiger partial charge in [0.25, 0.3) is 0 Å². The molecule has 2 nitrogen and oxygen atoms in total. The SMILES string of the molecule is C1=CN(C2CCCCC2)NC1. The van der Waals surface area contributed by atoms with E-state index >= 15 is 0 Å². The van der Waals surface area contributed by atoms with Crippen molar-refractivity contribution in [3.63, 3.8) is 0 Å². The highest BCUT2D eigenvalue weighted by molar-refractivity contribution is 4.93. The lowest BCUT2D eigenvalue weighted by Crippen LogP contribution is -2.39. The van der Waals surface area contributed by atoms with Gasteiger partial charge in [0.05, 0.1) is 0 Å². The Balaban J connectivity index is 1.87. The standard InChI is InChI=1S/C9H16N2/c1-2-5-9(6-3-1)11-8-4-7-10-11/h4,8-10H,1-3,5-7H2. The molecule has 0 amide bonds. The maximum atomic E-state index is 3.35. The van der Waals surface area contributed by atoms with E-state index in [4.69, 9.17) is 0 Å². The highest BCUT2D eigenvalue weighted by Crippen LogP contribution is 2.22. The number of nitrogens with one attached hydrogen (secondary N) is 1. The zero-order valence-electron chi connectivity index (χ0n) is 6.92. The summed E-state index contributed by atoms with van der Waals surface area (Å²) in [6.45, 7) is 1.02. The second kappa shape index (κ2) is 3.26. The van der Waals surface area contributed by atoms with E-state index in [2.05, 4.69) is 22.7 Å². The van der Waals surface area contributed by atoms with Crippen LogP contribution in [-0.2, 0) is 0 Å². The van der Waals surface area contributed by atoms with Gasteiger partial charge >= 0.3 is 0 Å². The van der Waals surface area contributed by atoms with Crippen LogP contribution in [0, 0.1) is 0 Å².